The van der Waals surface area contributed by atoms with Crippen molar-refractivity contribution in [2.45, 2.75) is 19.7 Å². The molecule has 0 spiro atoms. The minimum Gasteiger partial charge on any atom is -0.456 e. The van der Waals surface area contributed by atoms with Crippen molar-refractivity contribution in [3.05, 3.63) is 23.7 Å². The van der Waals surface area contributed by atoms with Crippen molar-refractivity contribution in [3.8, 4) is 0 Å². The van der Waals surface area contributed by atoms with E-state index in [4.69, 9.17) is 25.1 Å². The van der Waals surface area contributed by atoms with Gasteiger partial charge in [-0.05, 0) is 26.0 Å². The molecule has 7 heteroatoms. The number of alkyl halides is 1. The van der Waals surface area contributed by atoms with Gasteiger partial charge in [-0.2, -0.15) is 0 Å². The van der Waals surface area contributed by atoms with Gasteiger partial charge in [0.2, 0.25) is 0 Å². The zero-order chi connectivity index (χ0) is 12.9. The molecule has 0 aliphatic carbocycles. The summed E-state index contributed by atoms with van der Waals surface area (Å²) in [6, 6.07) is 2.95. The zero-order valence-corrected chi connectivity index (χ0v) is 11.3. The molecule has 0 atom stereocenters. The highest BCUT2D eigenvalue weighted by molar-refractivity contribution is 7.72. The van der Waals surface area contributed by atoms with Gasteiger partial charge in [0.25, 0.3) is 0 Å². The van der Waals surface area contributed by atoms with Gasteiger partial charge in [-0.3, -0.25) is 9.36 Å². The maximum absolute atomic E-state index is 12.1. The van der Waals surface area contributed by atoms with E-state index in [1.54, 1.807) is 19.9 Å². The lowest BCUT2D eigenvalue weighted by Gasteiger charge is -2.13. The Labute approximate surface area is 105 Å². The molecule has 17 heavy (non-hydrogen) atoms. The third kappa shape index (κ3) is 3.42. The lowest BCUT2D eigenvalue weighted by atomic mass is 10.4. The molecule has 96 valence electrons. The highest BCUT2D eigenvalue weighted by Gasteiger charge is 2.37. The van der Waals surface area contributed by atoms with Gasteiger partial charge >= 0.3 is 13.1 Å². The molecule has 0 bridgehead atoms. The summed E-state index contributed by atoms with van der Waals surface area (Å²) >= 11 is 5.54. The molecule has 1 aromatic heterocycles. The van der Waals surface area contributed by atoms with Crippen LogP contribution in [0, 0.1) is 0 Å². The maximum Gasteiger partial charge on any atom is 0.404 e. The number of rotatable bonds is 7. The predicted molar refractivity (Wildman–Crippen MR) is 63.5 cm³/mol. The standard InChI is InChI=1S/C10H14ClO5P/c1-3-14-17(13,15-4-2)10(12)9-6-5-8(7-11)16-9/h5-6H,3-4,7H2,1-2H3. The first-order valence-electron chi connectivity index (χ1n) is 5.16. The van der Waals surface area contributed by atoms with Crippen molar-refractivity contribution in [3.63, 3.8) is 0 Å². The second-order valence-electron chi connectivity index (χ2n) is 3.04. The fourth-order valence-electron chi connectivity index (χ4n) is 1.19. The zero-order valence-electron chi connectivity index (χ0n) is 9.64. The number of hydrogen-bond donors (Lipinski definition) is 0. The molecule has 0 saturated carbocycles. The third-order valence-electron chi connectivity index (χ3n) is 1.85. The Kier molecular flexibility index (Phi) is 5.40. The highest BCUT2D eigenvalue weighted by atomic mass is 35.5. The van der Waals surface area contributed by atoms with Crippen molar-refractivity contribution < 1.29 is 22.8 Å². The lowest BCUT2D eigenvalue weighted by Crippen LogP contribution is -2.06. The van der Waals surface area contributed by atoms with Crippen molar-refractivity contribution in [1.29, 1.82) is 0 Å². The van der Waals surface area contributed by atoms with Crippen LogP contribution in [-0.2, 0) is 19.5 Å². The Balaban J connectivity index is 2.95. The number of hydrogen-bond acceptors (Lipinski definition) is 5. The van der Waals surface area contributed by atoms with Crippen molar-refractivity contribution in [2.75, 3.05) is 13.2 Å². The Morgan fingerprint density at radius 1 is 1.35 bits per heavy atom. The summed E-state index contributed by atoms with van der Waals surface area (Å²) < 4.78 is 27.1. The molecule has 1 heterocycles. The van der Waals surface area contributed by atoms with E-state index in [0.717, 1.165) is 0 Å². The first-order chi connectivity index (χ1) is 8.07. The average Bonchev–Trinajstić information content (AvgIpc) is 2.77. The molecule has 5 nitrogen and oxygen atoms in total. The predicted octanol–water partition coefficient (Wildman–Crippen LogP) is 3.42. The SMILES string of the molecule is CCOP(=O)(OCC)C(=O)c1ccc(CCl)o1. The number of furan rings is 1. The van der Waals surface area contributed by atoms with Crippen LogP contribution < -0.4 is 0 Å². The first kappa shape index (κ1) is 14.5. The van der Waals surface area contributed by atoms with Gasteiger partial charge in [-0.15, -0.1) is 11.6 Å². The summed E-state index contributed by atoms with van der Waals surface area (Å²) in [6.07, 6.45) is 0. The molecule has 0 aliphatic heterocycles. The van der Waals surface area contributed by atoms with Crippen LogP contribution in [0.3, 0.4) is 0 Å². The number of halogens is 1. The molecule has 0 radical (unpaired) electrons. The van der Waals surface area contributed by atoms with E-state index >= 15 is 0 Å². The van der Waals surface area contributed by atoms with Crippen LogP contribution in [0.1, 0.15) is 30.2 Å². The summed E-state index contributed by atoms with van der Waals surface area (Å²) in [5, 5.41) is 0. The summed E-state index contributed by atoms with van der Waals surface area (Å²) in [5.74, 6) is 0.501. The summed E-state index contributed by atoms with van der Waals surface area (Å²) in [6.45, 7) is 3.49. The summed E-state index contributed by atoms with van der Waals surface area (Å²) in [7, 11) is -3.81. The minimum absolute atomic E-state index is 0.0640. The van der Waals surface area contributed by atoms with Gasteiger partial charge in [-0.1, -0.05) is 0 Å². The fraction of sp³-hybridized carbons (Fsp3) is 0.500. The van der Waals surface area contributed by atoms with E-state index in [1.165, 1.54) is 6.07 Å². The highest BCUT2D eigenvalue weighted by Crippen LogP contribution is 2.51. The van der Waals surface area contributed by atoms with Crippen LogP contribution >= 0.6 is 19.2 Å². The molecule has 0 aromatic carbocycles. The Bertz CT molecular complexity index is 418. The monoisotopic (exact) mass is 280 g/mol. The van der Waals surface area contributed by atoms with E-state index in [0.29, 0.717) is 5.76 Å². The molecule has 0 saturated heterocycles. The quantitative estimate of drug-likeness (QED) is 0.565. The van der Waals surface area contributed by atoms with Crippen molar-refractivity contribution in [2.24, 2.45) is 0 Å². The maximum atomic E-state index is 12.1. The van der Waals surface area contributed by atoms with Crippen LogP contribution in [0.25, 0.3) is 0 Å². The van der Waals surface area contributed by atoms with Crippen LogP contribution in [0.2, 0.25) is 0 Å². The van der Waals surface area contributed by atoms with Gasteiger partial charge in [-0.25, -0.2) is 0 Å². The van der Waals surface area contributed by atoms with Gasteiger partial charge in [0.05, 0.1) is 19.1 Å². The Morgan fingerprint density at radius 2 is 1.94 bits per heavy atom. The van der Waals surface area contributed by atoms with Gasteiger partial charge in [0, 0.05) is 0 Å². The second kappa shape index (κ2) is 6.36. The second-order valence-corrected chi connectivity index (χ2v) is 5.22. The van der Waals surface area contributed by atoms with Crippen LogP contribution in [0.15, 0.2) is 16.5 Å². The van der Waals surface area contributed by atoms with Crippen LogP contribution in [-0.4, -0.2) is 18.7 Å². The number of carbonyl (C=O) groups is 1. The first-order valence-corrected chi connectivity index (χ1v) is 7.23. The molecule has 1 rings (SSSR count). The average molecular weight is 281 g/mol. The third-order valence-corrected chi connectivity index (χ3v) is 4.03. The smallest absolute Gasteiger partial charge is 0.404 e. The summed E-state index contributed by atoms with van der Waals surface area (Å²) in [5.41, 5.74) is -0.780. The Hall–Kier alpha value is -0.610. The molecular formula is C10H14ClO5P. The van der Waals surface area contributed by atoms with E-state index in [1.807, 2.05) is 0 Å². The fourth-order valence-corrected chi connectivity index (χ4v) is 2.72. The summed E-state index contributed by atoms with van der Waals surface area (Å²) in [4.78, 5) is 11.9. The van der Waals surface area contributed by atoms with E-state index < -0.39 is 13.1 Å². The lowest BCUT2D eigenvalue weighted by molar-refractivity contribution is 0.0975. The normalized spacial score (nSPS) is 11.7. The van der Waals surface area contributed by atoms with E-state index in [9.17, 15) is 9.36 Å². The van der Waals surface area contributed by atoms with Gasteiger partial charge < -0.3 is 13.5 Å². The van der Waals surface area contributed by atoms with Crippen molar-refractivity contribution in [1.82, 2.24) is 0 Å². The molecule has 1 aromatic rings. The molecule has 0 N–H and O–H groups in total. The van der Waals surface area contributed by atoms with Crippen LogP contribution in [0.4, 0.5) is 0 Å². The van der Waals surface area contributed by atoms with Crippen LogP contribution in [0.5, 0.6) is 0 Å². The number of carbonyl (C=O) groups excluding carboxylic acids is 1. The van der Waals surface area contributed by atoms with Crippen molar-refractivity contribution >= 4 is 24.7 Å². The largest absolute Gasteiger partial charge is 0.456 e. The molecule has 0 unspecified atom stereocenters. The van der Waals surface area contributed by atoms with E-state index in [-0.39, 0.29) is 24.9 Å². The molecular weight excluding hydrogens is 267 g/mol. The van der Waals surface area contributed by atoms with Gasteiger partial charge in [0.1, 0.15) is 5.76 Å². The minimum atomic E-state index is -3.81. The van der Waals surface area contributed by atoms with Gasteiger partial charge in [0.15, 0.2) is 5.76 Å². The van der Waals surface area contributed by atoms with E-state index in [2.05, 4.69) is 0 Å². The topological polar surface area (TPSA) is 65.7 Å². The molecule has 0 amide bonds. The molecule has 0 aliphatic rings. The Morgan fingerprint density at radius 3 is 2.35 bits per heavy atom. The molecule has 0 fully saturated rings.